The number of ether oxygens (including phenoxy) is 1. The molecular weight excluding hydrogens is 420 g/mol. The number of phenolic OH excluding ortho intramolecular Hbond substituents is 1. The molecule has 1 fully saturated rings. The number of ketones is 1. The molecule has 7 nitrogen and oxygen atoms in total. The Labute approximate surface area is 194 Å². The van der Waals surface area contributed by atoms with Gasteiger partial charge in [0.15, 0.2) is 0 Å². The van der Waals surface area contributed by atoms with E-state index in [4.69, 9.17) is 4.74 Å². The highest BCUT2D eigenvalue weighted by Gasteiger charge is 2.46. The van der Waals surface area contributed by atoms with Crippen LogP contribution in [0.25, 0.3) is 5.76 Å². The quantitative estimate of drug-likeness (QED) is 0.395. The van der Waals surface area contributed by atoms with Crippen molar-refractivity contribution in [3.8, 4) is 11.5 Å². The molecule has 1 atom stereocenters. The number of carbonyl (C=O) groups excluding carboxylic acids is 2. The van der Waals surface area contributed by atoms with E-state index in [1.54, 1.807) is 6.07 Å². The fourth-order valence-electron chi connectivity index (χ4n) is 3.91. The number of hydrogen-bond acceptors (Lipinski definition) is 6. The van der Waals surface area contributed by atoms with Crippen molar-refractivity contribution in [2.75, 3.05) is 34.3 Å². The number of aliphatic hydroxyl groups is 1. The summed E-state index contributed by atoms with van der Waals surface area (Å²) in [5.74, 6) is -1.69. The van der Waals surface area contributed by atoms with E-state index in [9.17, 15) is 19.8 Å². The van der Waals surface area contributed by atoms with E-state index in [0.29, 0.717) is 18.8 Å². The number of benzene rings is 2. The maximum absolute atomic E-state index is 13.1. The first-order valence-corrected chi connectivity index (χ1v) is 10.9. The second-order valence-electron chi connectivity index (χ2n) is 9.55. The zero-order chi connectivity index (χ0) is 24.5. The van der Waals surface area contributed by atoms with E-state index >= 15 is 0 Å². The third-order valence-corrected chi connectivity index (χ3v) is 5.88. The van der Waals surface area contributed by atoms with E-state index in [1.807, 2.05) is 43.3 Å². The summed E-state index contributed by atoms with van der Waals surface area (Å²) >= 11 is 0. The van der Waals surface area contributed by atoms with Crippen LogP contribution in [-0.4, -0.2) is 66.0 Å². The first-order valence-electron chi connectivity index (χ1n) is 10.9. The van der Waals surface area contributed by atoms with Gasteiger partial charge >= 0.3 is 0 Å². The van der Waals surface area contributed by atoms with Crippen molar-refractivity contribution in [2.45, 2.75) is 32.2 Å². The molecular formula is C26H32N2O5. The fourth-order valence-corrected chi connectivity index (χ4v) is 3.91. The standard InChI is InChI=1S/C26H32N2O5/c1-26(2,3)17-9-7-16(8-10-17)22-21(24(31)25(32)28(22)14-13-27(4)5)23(30)19-12-11-18(33-6)15-20(19)29/h7-12,15,22,29-30H,13-14H2,1-6H3. The van der Waals surface area contributed by atoms with Gasteiger partial charge in [0, 0.05) is 19.2 Å². The van der Waals surface area contributed by atoms with Gasteiger partial charge in [0.2, 0.25) is 0 Å². The van der Waals surface area contributed by atoms with Gasteiger partial charge in [-0.25, -0.2) is 0 Å². The summed E-state index contributed by atoms with van der Waals surface area (Å²) in [6.07, 6.45) is 0. The van der Waals surface area contributed by atoms with Crippen molar-refractivity contribution in [3.63, 3.8) is 0 Å². The number of likely N-dealkylation sites (tertiary alicyclic amines) is 1. The summed E-state index contributed by atoms with van der Waals surface area (Å²) < 4.78 is 5.10. The van der Waals surface area contributed by atoms with Crippen LogP contribution in [0.5, 0.6) is 11.5 Å². The maximum Gasteiger partial charge on any atom is 0.295 e. The van der Waals surface area contributed by atoms with E-state index in [2.05, 4.69) is 20.8 Å². The van der Waals surface area contributed by atoms with Gasteiger partial charge in [0.05, 0.1) is 24.3 Å². The van der Waals surface area contributed by atoms with Crippen LogP contribution in [0.3, 0.4) is 0 Å². The monoisotopic (exact) mass is 452 g/mol. The predicted molar refractivity (Wildman–Crippen MR) is 127 cm³/mol. The number of aliphatic hydroxyl groups excluding tert-OH is 1. The van der Waals surface area contributed by atoms with Crippen molar-refractivity contribution in [2.24, 2.45) is 0 Å². The van der Waals surface area contributed by atoms with Crippen LogP contribution in [-0.2, 0) is 15.0 Å². The first kappa shape index (κ1) is 24.3. The Morgan fingerprint density at radius 3 is 2.24 bits per heavy atom. The summed E-state index contributed by atoms with van der Waals surface area (Å²) in [5, 5.41) is 21.6. The van der Waals surface area contributed by atoms with Crippen LogP contribution in [0.2, 0.25) is 0 Å². The summed E-state index contributed by atoms with van der Waals surface area (Å²) in [6.45, 7) is 7.19. The molecule has 1 heterocycles. The number of Topliss-reactive ketones (excluding diaryl/α,β-unsaturated/α-hetero) is 1. The fraction of sp³-hybridized carbons (Fsp3) is 0.385. The Kier molecular flexibility index (Phi) is 6.84. The van der Waals surface area contributed by atoms with Gasteiger partial charge in [-0.1, -0.05) is 45.0 Å². The molecule has 0 spiro atoms. The average molecular weight is 453 g/mol. The Hall–Kier alpha value is -3.32. The minimum Gasteiger partial charge on any atom is -0.507 e. The number of carbonyl (C=O) groups is 2. The van der Waals surface area contributed by atoms with Crippen LogP contribution >= 0.6 is 0 Å². The lowest BCUT2D eigenvalue weighted by Gasteiger charge is -2.27. The van der Waals surface area contributed by atoms with Crippen molar-refractivity contribution in [3.05, 3.63) is 64.7 Å². The maximum atomic E-state index is 13.1. The number of hydrogen-bond donors (Lipinski definition) is 2. The zero-order valence-corrected chi connectivity index (χ0v) is 20.0. The highest BCUT2D eigenvalue weighted by molar-refractivity contribution is 6.46. The molecule has 0 aromatic heterocycles. The molecule has 0 saturated carbocycles. The van der Waals surface area contributed by atoms with Crippen LogP contribution in [0.1, 0.15) is 43.5 Å². The van der Waals surface area contributed by atoms with E-state index in [1.165, 1.54) is 24.1 Å². The molecule has 1 aliphatic heterocycles. The highest BCUT2D eigenvalue weighted by Crippen LogP contribution is 2.41. The lowest BCUT2D eigenvalue weighted by molar-refractivity contribution is -0.140. The van der Waals surface area contributed by atoms with Crippen molar-refractivity contribution in [1.82, 2.24) is 9.80 Å². The molecule has 1 aliphatic rings. The van der Waals surface area contributed by atoms with Gasteiger partial charge in [-0.15, -0.1) is 0 Å². The molecule has 0 bridgehead atoms. The second-order valence-corrected chi connectivity index (χ2v) is 9.55. The minimum absolute atomic E-state index is 0.0391. The summed E-state index contributed by atoms with van der Waals surface area (Å²) in [4.78, 5) is 29.5. The highest BCUT2D eigenvalue weighted by atomic mass is 16.5. The SMILES string of the molecule is COc1ccc(C(O)=C2C(=O)C(=O)N(CCN(C)C)C2c2ccc(C(C)(C)C)cc2)c(O)c1. The smallest absolute Gasteiger partial charge is 0.295 e. The first-order chi connectivity index (χ1) is 15.5. The van der Waals surface area contributed by atoms with Gasteiger partial charge < -0.3 is 24.7 Å². The second kappa shape index (κ2) is 9.27. The number of aromatic hydroxyl groups is 1. The van der Waals surface area contributed by atoms with Gasteiger partial charge in [-0.3, -0.25) is 9.59 Å². The number of likely N-dealkylation sites (N-methyl/N-ethyl adjacent to an activating group) is 1. The summed E-state index contributed by atoms with van der Waals surface area (Å²) in [7, 11) is 5.24. The molecule has 33 heavy (non-hydrogen) atoms. The predicted octanol–water partition coefficient (Wildman–Crippen LogP) is 3.68. The Morgan fingerprint density at radius 1 is 1.09 bits per heavy atom. The Balaban J connectivity index is 2.16. The third-order valence-electron chi connectivity index (χ3n) is 5.88. The molecule has 2 aromatic rings. The molecule has 0 radical (unpaired) electrons. The van der Waals surface area contributed by atoms with Crippen molar-refractivity contribution < 1.29 is 24.5 Å². The number of rotatable bonds is 6. The Morgan fingerprint density at radius 2 is 1.73 bits per heavy atom. The van der Waals surface area contributed by atoms with Gasteiger partial charge in [0.1, 0.15) is 17.3 Å². The third kappa shape index (κ3) is 4.88. The number of amides is 1. The Bertz CT molecular complexity index is 1080. The van der Waals surface area contributed by atoms with Crippen LogP contribution < -0.4 is 4.74 Å². The number of phenols is 1. The molecule has 2 N–H and O–H groups in total. The topological polar surface area (TPSA) is 90.3 Å². The molecule has 1 amide bonds. The molecule has 1 unspecified atom stereocenters. The van der Waals surface area contributed by atoms with Crippen LogP contribution in [0, 0.1) is 0 Å². The molecule has 3 rings (SSSR count). The summed E-state index contributed by atoms with van der Waals surface area (Å²) in [6, 6.07) is 11.4. The molecule has 1 saturated heterocycles. The van der Waals surface area contributed by atoms with Crippen molar-refractivity contribution in [1.29, 1.82) is 0 Å². The molecule has 2 aromatic carbocycles. The molecule has 176 valence electrons. The molecule has 0 aliphatic carbocycles. The zero-order valence-electron chi connectivity index (χ0n) is 20.0. The van der Waals surface area contributed by atoms with Gasteiger partial charge in [-0.05, 0) is 42.8 Å². The van der Waals surface area contributed by atoms with E-state index in [0.717, 1.165) is 11.1 Å². The normalized spacial score (nSPS) is 18.3. The van der Waals surface area contributed by atoms with Crippen LogP contribution in [0.15, 0.2) is 48.0 Å². The summed E-state index contributed by atoms with van der Waals surface area (Å²) in [5.41, 5.74) is 1.81. The minimum atomic E-state index is -0.772. The van der Waals surface area contributed by atoms with Crippen molar-refractivity contribution >= 4 is 17.4 Å². The van der Waals surface area contributed by atoms with Crippen LogP contribution in [0.4, 0.5) is 0 Å². The lowest BCUT2D eigenvalue weighted by Crippen LogP contribution is -2.35. The number of methoxy groups -OCH3 is 1. The van der Waals surface area contributed by atoms with Gasteiger partial charge in [-0.2, -0.15) is 0 Å². The van der Waals surface area contributed by atoms with E-state index in [-0.39, 0.29) is 22.3 Å². The molecule has 7 heteroatoms. The van der Waals surface area contributed by atoms with E-state index < -0.39 is 23.5 Å². The largest absolute Gasteiger partial charge is 0.507 e. The number of nitrogens with zero attached hydrogens (tertiary/aromatic N) is 2. The lowest BCUT2D eigenvalue weighted by atomic mass is 9.85. The van der Waals surface area contributed by atoms with Gasteiger partial charge in [0.25, 0.3) is 11.7 Å². The average Bonchev–Trinajstić information content (AvgIpc) is 3.01.